The zero-order chi connectivity index (χ0) is 18.5. The molecule has 3 rings (SSSR count). The van der Waals surface area contributed by atoms with Crippen molar-refractivity contribution in [3.63, 3.8) is 0 Å². The lowest BCUT2D eigenvalue weighted by atomic mass is 10.1. The molecular formula is C20H17N5O. The van der Waals surface area contributed by atoms with E-state index in [1.807, 2.05) is 38.1 Å². The Hall–Kier alpha value is -3.72. The second kappa shape index (κ2) is 7.45. The lowest BCUT2D eigenvalue weighted by Crippen LogP contribution is -2.15. The predicted octanol–water partition coefficient (Wildman–Crippen LogP) is 3.96. The summed E-state index contributed by atoms with van der Waals surface area (Å²) in [7, 11) is 0. The van der Waals surface area contributed by atoms with Crippen molar-refractivity contribution in [2.24, 2.45) is 0 Å². The van der Waals surface area contributed by atoms with Gasteiger partial charge in [-0.15, -0.1) is 0 Å². The Bertz CT molecular complexity index is 990. The van der Waals surface area contributed by atoms with Crippen LogP contribution in [0.4, 0.5) is 17.2 Å². The van der Waals surface area contributed by atoms with Crippen molar-refractivity contribution in [3.05, 3.63) is 77.2 Å². The summed E-state index contributed by atoms with van der Waals surface area (Å²) in [5.74, 6) is 0.131. The highest BCUT2D eigenvalue weighted by Crippen LogP contribution is 2.19. The Kier molecular flexibility index (Phi) is 4.90. The maximum Gasteiger partial charge on any atom is 0.275 e. The van der Waals surface area contributed by atoms with Crippen molar-refractivity contribution in [2.75, 3.05) is 10.6 Å². The van der Waals surface area contributed by atoms with Crippen LogP contribution in [0.15, 0.2) is 54.9 Å². The number of rotatable bonds is 4. The monoisotopic (exact) mass is 343 g/mol. The molecule has 0 spiro atoms. The molecule has 2 N–H and O–H groups in total. The molecule has 1 heterocycles. The van der Waals surface area contributed by atoms with Crippen molar-refractivity contribution in [1.29, 1.82) is 5.26 Å². The fourth-order valence-electron chi connectivity index (χ4n) is 2.39. The highest BCUT2D eigenvalue weighted by Gasteiger charge is 2.11. The van der Waals surface area contributed by atoms with Crippen molar-refractivity contribution in [1.82, 2.24) is 9.97 Å². The summed E-state index contributed by atoms with van der Waals surface area (Å²) in [6.07, 6.45) is 2.87. The Labute approximate surface area is 151 Å². The molecule has 6 nitrogen and oxygen atoms in total. The normalized spacial score (nSPS) is 10.0. The number of hydrogen-bond donors (Lipinski definition) is 2. The van der Waals surface area contributed by atoms with E-state index in [0.29, 0.717) is 17.1 Å². The minimum Gasteiger partial charge on any atom is -0.338 e. The second-order valence-corrected chi connectivity index (χ2v) is 5.84. The van der Waals surface area contributed by atoms with Gasteiger partial charge in [-0.25, -0.2) is 9.97 Å². The first kappa shape index (κ1) is 17.1. The highest BCUT2D eigenvalue weighted by molar-refractivity contribution is 6.03. The summed E-state index contributed by atoms with van der Waals surface area (Å²) < 4.78 is 0. The number of anilines is 3. The molecule has 2 aromatic carbocycles. The van der Waals surface area contributed by atoms with Gasteiger partial charge in [0.05, 0.1) is 23.6 Å². The standard InChI is InChI=1S/C20H17N5O/c1-13-7-8-14(2)17(9-13)25-20(26)18-11-23-19(12-22-18)24-16-6-4-3-5-15(16)10-21/h3-9,11-12H,1-2H3,(H,23,24)(H,25,26). The van der Waals surface area contributed by atoms with Gasteiger partial charge >= 0.3 is 0 Å². The summed E-state index contributed by atoms with van der Waals surface area (Å²) in [6.45, 7) is 3.90. The molecule has 0 saturated carbocycles. The van der Waals surface area contributed by atoms with Gasteiger partial charge in [0, 0.05) is 5.69 Å². The molecule has 1 amide bonds. The number of hydrogen-bond acceptors (Lipinski definition) is 5. The first-order valence-electron chi connectivity index (χ1n) is 8.03. The van der Waals surface area contributed by atoms with Gasteiger partial charge in [-0.05, 0) is 43.2 Å². The zero-order valence-corrected chi connectivity index (χ0v) is 14.4. The van der Waals surface area contributed by atoms with Crippen molar-refractivity contribution < 1.29 is 4.79 Å². The number of aryl methyl sites for hydroxylation is 2. The molecule has 0 bridgehead atoms. The number of nitrogens with one attached hydrogen (secondary N) is 2. The van der Waals surface area contributed by atoms with Gasteiger partial charge in [-0.2, -0.15) is 5.26 Å². The molecule has 0 unspecified atom stereocenters. The minimum absolute atomic E-state index is 0.213. The van der Waals surface area contributed by atoms with E-state index in [0.717, 1.165) is 16.8 Å². The number of nitriles is 1. The first-order chi connectivity index (χ1) is 12.6. The van der Waals surface area contributed by atoms with Crippen LogP contribution in [-0.2, 0) is 0 Å². The SMILES string of the molecule is Cc1ccc(C)c(NC(=O)c2cnc(Nc3ccccc3C#N)cn2)c1. The molecule has 0 radical (unpaired) electrons. The number of benzene rings is 2. The summed E-state index contributed by atoms with van der Waals surface area (Å²) >= 11 is 0. The molecule has 0 aliphatic heterocycles. The number of aromatic nitrogens is 2. The molecule has 3 aromatic rings. The molecule has 0 aliphatic carbocycles. The number of carbonyl (C=O) groups is 1. The summed E-state index contributed by atoms with van der Waals surface area (Å²) in [5, 5.41) is 15.0. The fraction of sp³-hybridized carbons (Fsp3) is 0.100. The van der Waals surface area contributed by atoms with Crippen LogP contribution >= 0.6 is 0 Å². The molecule has 26 heavy (non-hydrogen) atoms. The molecule has 6 heteroatoms. The van der Waals surface area contributed by atoms with E-state index in [4.69, 9.17) is 5.26 Å². The molecular weight excluding hydrogens is 326 g/mol. The number of carbonyl (C=O) groups excluding carboxylic acids is 1. The Morgan fingerprint density at radius 2 is 1.85 bits per heavy atom. The van der Waals surface area contributed by atoms with Gasteiger partial charge in [0.1, 0.15) is 17.6 Å². The van der Waals surface area contributed by atoms with E-state index in [1.165, 1.54) is 12.4 Å². The molecule has 0 saturated heterocycles. The van der Waals surface area contributed by atoms with Crippen LogP contribution in [-0.4, -0.2) is 15.9 Å². The van der Waals surface area contributed by atoms with Crippen molar-refractivity contribution in [2.45, 2.75) is 13.8 Å². The second-order valence-electron chi connectivity index (χ2n) is 5.84. The van der Waals surface area contributed by atoms with Crippen LogP contribution in [0, 0.1) is 25.2 Å². The molecule has 0 aliphatic rings. The van der Waals surface area contributed by atoms with E-state index in [-0.39, 0.29) is 11.6 Å². The van der Waals surface area contributed by atoms with E-state index in [2.05, 4.69) is 26.7 Å². The summed E-state index contributed by atoms with van der Waals surface area (Å²) in [6, 6.07) is 15.1. The van der Waals surface area contributed by atoms with Crippen LogP contribution < -0.4 is 10.6 Å². The van der Waals surface area contributed by atoms with Crippen molar-refractivity contribution >= 4 is 23.1 Å². The van der Waals surface area contributed by atoms with Crippen LogP contribution in [0.25, 0.3) is 0 Å². The smallest absolute Gasteiger partial charge is 0.275 e. The van der Waals surface area contributed by atoms with Gasteiger partial charge in [0.15, 0.2) is 0 Å². The van der Waals surface area contributed by atoms with E-state index in [9.17, 15) is 4.79 Å². The maximum absolute atomic E-state index is 12.4. The lowest BCUT2D eigenvalue weighted by Gasteiger charge is -2.10. The highest BCUT2D eigenvalue weighted by atomic mass is 16.1. The minimum atomic E-state index is -0.324. The molecule has 128 valence electrons. The van der Waals surface area contributed by atoms with Crippen LogP contribution in [0.1, 0.15) is 27.2 Å². The third-order valence-electron chi connectivity index (χ3n) is 3.84. The third kappa shape index (κ3) is 3.84. The topological polar surface area (TPSA) is 90.7 Å². The van der Waals surface area contributed by atoms with Gasteiger partial charge in [0.2, 0.25) is 0 Å². The van der Waals surface area contributed by atoms with Gasteiger partial charge in [-0.1, -0.05) is 24.3 Å². The average Bonchev–Trinajstić information content (AvgIpc) is 2.65. The number of amides is 1. The first-order valence-corrected chi connectivity index (χ1v) is 8.03. The quantitative estimate of drug-likeness (QED) is 0.748. The Balaban J connectivity index is 1.74. The fourth-order valence-corrected chi connectivity index (χ4v) is 2.39. The third-order valence-corrected chi connectivity index (χ3v) is 3.84. The van der Waals surface area contributed by atoms with E-state index < -0.39 is 0 Å². The number of nitrogens with zero attached hydrogens (tertiary/aromatic N) is 3. The maximum atomic E-state index is 12.4. The zero-order valence-electron chi connectivity index (χ0n) is 14.4. The Morgan fingerprint density at radius 1 is 1.04 bits per heavy atom. The van der Waals surface area contributed by atoms with Gasteiger partial charge in [0.25, 0.3) is 5.91 Å². The predicted molar refractivity (Wildman–Crippen MR) is 100 cm³/mol. The average molecular weight is 343 g/mol. The molecule has 0 atom stereocenters. The lowest BCUT2D eigenvalue weighted by molar-refractivity contribution is 0.102. The van der Waals surface area contributed by atoms with Crippen LogP contribution in [0.5, 0.6) is 0 Å². The summed E-state index contributed by atoms with van der Waals surface area (Å²) in [4.78, 5) is 20.7. The largest absolute Gasteiger partial charge is 0.338 e. The van der Waals surface area contributed by atoms with Gasteiger partial charge in [-0.3, -0.25) is 4.79 Å². The molecule has 1 aromatic heterocycles. The van der Waals surface area contributed by atoms with Gasteiger partial charge < -0.3 is 10.6 Å². The summed E-state index contributed by atoms with van der Waals surface area (Å²) in [5.41, 5.74) is 4.14. The van der Waals surface area contributed by atoms with E-state index in [1.54, 1.807) is 18.2 Å². The Morgan fingerprint density at radius 3 is 2.58 bits per heavy atom. The van der Waals surface area contributed by atoms with Crippen molar-refractivity contribution in [3.8, 4) is 6.07 Å². The molecule has 0 fully saturated rings. The van der Waals surface area contributed by atoms with Crippen LogP contribution in [0.2, 0.25) is 0 Å². The van der Waals surface area contributed by atoms with E-state index >= 15 is 0 Å². The van der Waals surface area contributed by atoms with Crippen LogP contribution in [0.3, 0.4) is 0 Å². The number of para-hydroxylation sites is 1.